The zero-order chi connectivity index (χ0) is 13.9. The lowest BCUT2D eigenvalue weighted by Gasteiger charge is -2.06. The molecule has 0 saturated carbocycles. The van der Waals surface area contributed by atoms with E-state index in [1.54, 1.807) is 12.1 Å². The molecule has 96 valence electrons. The van der Waals surface area contributed by atoms with Gasteiger partial charge in [-0.05, 0) is 34.4 Å². The Kier molecular flexibility index (Phi) is 1.96. The Hall–Kier alpha value is -2.88. The Morgan fingerprint density at radius 3 is 2.25 bits per heavy atom. The average molecular weight is 262 g/mol. The van der Waals surface area contributed by atoms with E-state index in [0.717, 1.165) is 27.6 Å². The maximum absolute atomic E-state index is 11.3. The SMILES string of the molecule is Nc1cc2c3c(cccc3c1[N+](=O)[O-])-c1ccccc1-2. The van der Waals surface area contributed by atoms with Gasteiger partial charge >= 0.3 is 0 Å². The van der Waals surface area contributed by atoms with E-state index >= 15 is 0 Å². The molecule has 1 aliphatic rings. The molecule has 0 amide bonds. The van der Waals surface area contributed by atoms with Crippen molar-refractivity contribution >= 4 is 22.1 Å². The molecule has 0 fully saturated rings. The number of nitrogen functional groups attached to an aromatic ring is 1. The summed E-state index contributed by atoms with van der Waals surface area (Å²) in [5.74, 6) is 0. The van der Waals surface area contributed by atoms with Crippen molar-refractivity contribution in [3.8, 4) is 22.3 Å². The van der Waals surface area contributed by atoms with Crippen molar-refractivity contribution in [2.75, 3.05) is 5.73 Å². The van der Waals surface area contributed by atoms with Crippen LogP contribution in [0.3, 0.4) is 0 Å². The highest BCUT2D eigenvalue weighted by molar-refractivity contribution is 6.19. The van der Waals surface area contributed by atoms with Crippen molar-refractivity contribution in [1.29, 1.82) is 0 Å². The summed E-state index contributed by atoms with van der Waals surface area (Å²) >= 11 is 0. The van der Waals surface area contributed by atoms with Gasteiger partial charge < -0.3 is 5.73 Å². The van der Waals surface area contributed by atoms with Crippen LogP contribution in [0.5, 0.6) is 0 Å². The van der Waals surface area contributed by atoms with Gasteiger partial charge in [-0.2, -0.15) is 0 Å². The van der Waals surface area contributed by atoms with Crippen LogP contribution in [-0.4, -0.2) is 4.92 Å². The molecule has 0 unspecified atom stereocenters. The third-order valence-corrected chi connectivity index (χ3v) is 3.85. The van der Waals surface area contributed by atoms with E-state index in [2.05, 4.69) is 0 Å². The minimum Gasteiger partial charge on any atom is -0.393 e. The van der Waals surface area contributed by atoms with E-state index in [4.69, 9.17) is 5.73 Å². The monoisotopic (exact) mass is 262 g/mol. The molecule has 3 aromatic carbocycles. The summed E-state index contributed by atoms with van der Waals surface area (Å²) in [6, 6.07) is 15.3. The highest BCUT2D eigenvalue weighted by Gasteiger charge is 2.27. The summed E-state index contributed by atoms with van der Waals surface area (Å²) in [5, 5.41) is 12.8. The van der Waals surface area contributed by atoms with Gasteiger partial charge in [0.05, 0.1) is 10.3 Å². The number of hydrogen-bond acceptors (Lipinski definition) is 3. The van der Waals surface area contributed by atoms with Gasteiger partial charge in [-0.15, -0.1) is 0 Å². The molecule has 0 heterocycles. The maximum Gasteiger partial charge on any atom is 0.299 e. The highest BCUT2D eigenvalue weighted by Crippen LogP contribution is 2.50. The molecule has 4 rings (SSSR count). The average Bonchev–Trinajstić information content (AvgIpc) is 2.75. The summed E-state index contributed by atoms with van der Waals surface area (Å²) in [5.41, 5.74) is 10.3. The fraction of sp³-hybridized carbons (Fsp3) is 0. The quantitative estimate of drug-likeness (QED) is 0.320. The van der Waals surface area contributed by atoms with Gasteiger partial charge in [0.15, 0.2) is 0 Å². The number of anilines is 1. The second-order valence-electron chi connectivity index (χ2n) is 4.89. The smallest absolute Gasteiger partial charge is 0.299 e. The van der Waals surface area contributed by atoms with Crippen molar-refractivity contribution in [3.05, 3.63) is 58.6 Å². The van der Waals surface area contributed by atoms with Crippen LogP contribution in [0.1, 0.15) is 0 Å². The normalized spacial score (nSPS) is 11.6. The van der Waals surface area contributed by atoms with Crippen molar-refractivity contribution < 1.29 is 4.92 Å². The molecule has 20 heavy (non-hydrogen) atoms. The topological polar surface area (TPSA) is 69.2 Å². The van der Waals surface area contributed by atoms with Crippen LogP contribution in [0.15, 0.2) is 48.5 Å². The van der Waals surface area contributed by atoms with Crippen LogP contribution in [0, 0.1) is 10.1 Å². The van der Waals surface area contributed by atoms with Crippen molar-refractivity contribution in [1.82, 2.24) is 0 Å². The third-order valence-electron chi connectivity index (χ3n) is 3.85. The Balaban J connectivity index is 2.26. The molecule has 0 aromatic heterocycles. The van der Waals surface area contributed by atoms with Gasteiger partial charge in [0.2, 0.25) is 0 Å². The van der Waals surface area contributed by atoms with E-state index in [1.165, 1.54) is 0 Å². The van der Waals surface area contributed by atoms with Crippen LogP contribution >= 0.6 is 0 Å². The standard InChI is InChI=1S/C16H10N2O2/c17-14-8-13-10-5-2-1-4-9(10)11-6-3-7-12(15(11)13)16(14)18(19)20/h1-8H,17H2. The number of fused-ring (bicyclic) bond motifs is 3. The summed E-state index contributed by atoms with van der Waals surface area (Å²) in [6.07, 6.45) is 0. The summed E-state index contributed by atoms with van der Waals surface area (Å²) in [4.78, 5) is 10.9. The van der Waals surface area contributed by atoms with Crippen molar-refractivity contribution in [3.63, 3.8) is 0 Å². The molecule has 0 spiro atoms. The van der Waals surface area contributed by atoms with E-state index in [9.17, 15) is 10.1 Å². The fourth-order valence-corrected chi connectivity index (χ4v) is 3.08. The zero-order valence-corrected chi connectivity index (χ0v) is 10.5. The maximum atomic E-state index is 11.3. The number of nitro groups is 1. The number of nitrogens with zero attached hydrogens (tertiary/aromatic N) is 1. The van der Waals surface area contributed by atoms with E-state index < -0.39 is 4.92 Å². The molecule has 0 atom stereocenters. The Bertz CT molecular complexity index is 900. The molecule has 0 radical (unpaired) electrons. The molecule has 0 bridgehead atoms. The van der Waals surface area contributed by atoms with Gasteiger partial charge in [0.1, 0.15) is 5.69 Å². The van der Waals surface area contributed by atoms with Gasteiger partial charge in [-0.3, -0.25) is 10.1 Å². The first-order chi connectivity index (χ1) is 9.68. The van der Waals surface area contributed by atoms with Crippen molar-refractivity contribution in [2.45, 2.75) is 0 Å². The number of nitrogens with two attached hydrogens (primary N) is 1. The van der Waals surface area contributed by atoms with Crippen LogP contribution in [0.2, 0.25) is 0 Å². The lowest BCUT2D eigenvalue weighted by Crippen LogP contribution is -1.97. The van der Waals surface area contributed by atoms with Gasteiger partial charge in [-0.1, -0.05) is 36.4 Å². The molecule has 1 aliphatic carbocycles. The predicted molar refractivity (Wildman–Crippen MR) is 79.4 cm³/mol. The van der Waals surface area contributed by atoms with E-state index in [-0.39, 0.29) is 11.4 Å². The molecular weight excluding hydrogens is 252 g/mol. The zero-order valence-electron chi connectivity index (χ0n) is 10.5. The Morgan fingerprint density at radius 1 is 0.900 bits per heavy atom. The minimum atomic E-state index is -0.402. The third kappa shape index (κ3) is 1.20. The largest absolute Gasteiger partial charge is 0.393 e. The lowest BCUT2D eigenvalue weighted by atomic mass is 10.0. The fourth-order valence-electron chi connectivity index (χ4n) is 3.08. The van der Waals surface area contributed by atoms with Crippen LogP contribution in [0.25, 0.3) is 33.0 Å². The minimum absolute atomic E-state index is 0.00148. The second-order valence-corrected chi connectivity index (χ2v) is 4.89. The van der Waals surface area contributed by atoms with Gasteiger partial charge in [0.25, 0.3) is 5.69 Å². The molecule has 0 aliphatic heterocycles. The first-order valence-corrected chi connectivity index (χ1v) is 6.28. The number of rotatable bonds is 1. The summed E-state index contributed by atoms with van der Waals surface area (Å²) in [7, 11) is 0. The number of nitro benzene ring substituents is 1. The molecule has 4 nitrogen and oxygen atoms in total. The Morgan fingerprint density at radius 2 is 1.55 bits per heavy atom. The summed E-state index contributed by atoms with van der Waals surface area (Å²) in [6.45, 7) is 0. The second kappa shape index (κ2) is 3.57. The van der Waals surface area contributed by atoms with Gasteiger partial charge in [-0.25, -0.2) is 0 Å². The van der Waals surface area contributed by atoms with Crippen LogP contribution in [-0.2, 0) is 0 Å². The predicted octanol–water partition coefficient (Wildman–Crippen LogP) is 3.98. The molecule has 2 N–H and O–H groups in total. The summed E-state index contributed by atoms with van der Waals surface area (Å²) < 4.78 is 0. The van der Waals surface area contributed by atoms with E-state index in [1.807, 2.05) is 36.4 Å². The first-order valence-electron chi connectivity index (χ1n) is 6.28. The molecular formula is C16H10N2O2. The van der Waals surface area contributed by atoms with Crippen molar-refractivity contribution in [2.24, 2.45) is 0 Å². The molecule has 4 heteroatoms. The molecule has 0 saturated heterocycles. The van der Waals surface area contributed by atoms with Crippen LogP contribution < -0.4 is 5.73 Å². The van der Waals surface area contributed by atoms with E-state index in [0.29, 0.717) is 5.39 Å². The lowest BCUT2D eigenvalue weighted by molar-refractivity contribution is -0.382. The highest BCUT2D eigenvalue weighted by atomic mass is 16.6. The first kappa shape index (κ1) is 11.0. The van der Waals surface area contributed by atoms with Crippen LogP contribution in [0.4, 0.5) is 11.4 Å². The number of hydrogen-bond donors (Lipinski definition) is 1. The Labute approximate surface area is 114 Å². The van der Waals surface area contributed by atoms with Gasteiger partial charge in [0, 0.05) is 5.39 Å². The molecule has 3 aromatic rings. The number of benzene rings is 3.